The summed E-state index contributed by atoms with van der Waals surface area (Å²) in [6.45, 7) is 13.4. The van der Waals surface area contributed by atoms with E-state index >= 15 is 0 Å². The number of phenolic OH excluding ortho intramolecular Hbond substituents is 1. The van der Waals surface area contributed by atoms with Crippen LogP contribution in [0.5, 0.6) is 5.75 Å². The predicted octanol–water partition coefficient (Wildman–Crippen LogP) is 3.77. The number of carbonyl (C=O) groups is 1. The van der Waals surface area contributed by atoms with Crippen LogP contribution in [0.3, 0.4) is 0 Å². The van der Waals surface area contributed by atoms with E-state index in [1.807, 2.05) is 51.1 Å². The number of aromatic hydroxyl groups is 1. The zero-order valence-corrected chi connectivity index (χ0v) is 16.5. The average molecular weight is 371 g/mol. The van der Waals surface area contributed by atoms with Crippen molar-refractivity contribution in [2.45, 2.75) is 20.8 Å². The second-order valence-corrected chi connectivity index (χ2v) is 5.41. The molecule has 6 nitrogen and oxygen atoms in total. The summed E-state index contributed by atoms with van der Waals surface area (Å²) < 4.78 is 4.50. The summed E-state index contributed by atoms with van der Waals surface area (Å²) in [5.74, 6) is -0.212. The maximum Gasteiger partial charge on any atom is 0.312 e. The van der Waals surface area contributed by atoms with Gasteiger partial charge in [-0.05, 0) is 56.3 Å². The van der Waals surface area contributed by atoms with Gasteiger partial charge in [-0.15, -0.1) is 0 Å². The maximum absolute atomic E-state index is 10.5. The molecule has 0 atom stereocenters. The van der Waals surface area contributed by atoms with Gasteiger partial charge in [-0.2, -0.15) is 0 Å². The van der Waals surface area contributed by atoms with Crippen molar-refractivity contribution >= 4 is 18.3 Å². The summed E-state index contributed by atoms with van der Waals surface area (Å²) in [5.41, 5.74) is 9.12. The predicted molar refractivity (Wildman–Crippen MR) is 113 cm³/mol. The van der Waals surface area contributed by atoms with Gasteiger partial charge in [-0.25, -0.2) is 4.99 Å². The Morgan fingerprint density at radius 1 is 1.37 bits per heavy atom. The fourth-order valence-corrected chi connectivity index (χ4v) is 1.92. The number of benzene rings is 1. The molecule has 146 valence electrons. The lowest BCUT2D eigenvalue weighted by Gasteiger charge is -2.13. The highest BCUT2D eigenvalue weighted by atomic mass is 16.5. The molecule has 1 aromatic carbocycles. The van der Waals surface area contributed by atoms with E-state index in [2.05, 4.69) is 28.3 Å². The third-order valence-electron chi connectivity index (χ3n) is 3.73. The van der Waals surface area contributed by atoms with E-state index in [9.17, 15) is 9.90 Å². The Kier molecular flexibility index (Phi) is 11.4. The molecule has 0 aliphatic carbocycles. The number of hydrogen-bond acceptors (Lipinski definition) is 5. The third-order valence-corrected chi connectivity index (χ3v) is 3.73. The van der Waals surface area contributed by atoms with Crippen LogP contribution in [0, 0.1) is 13.8 Å². The lowest BCUT2D eigenvalue weighted by Crippen LogP contribution is -2.05. The van der Waals surface area contributed by atoms with Crippen molar-refractivity contribution in [2.75, 3.05) is 19.0 Å². The Morgan fingerprint density at radius 3 is 2.48 bits per heavy atom. The van der Waals surface area contributed by atoms with Gasteiger partial charge < -0.3 is 20.9 Å². The van der Waals surface area contributed by atoms with Gasteiger partial charge >= 0.3 is 5.91 Å². The Hall–Kier alpha value is -3.28. The molecule has 0 saturated carbocycles. The number of nitrogens with two attached hydrogens (primary N) is 1. The van der Waals surface area contributed by atoms with E-state index in [1.165, 1.54) is 7.11 Å². The van der Waals surface area contributed by atoms with Crippen LogP contribution < -0.4 is 11.1 Å². The number of amides is 1. The molecule has 0 heterocycles. The Morgan fingerprint density at radius 2 is 2.04 bits per heavy atom. The monoisotopic (exact) mass is 371 g/mol. The molecule has 1 amide bonds. The Labute approximate surface area is 161 Å². The van der Waals surface area contributed by atoms with Gasteiger partial charge in [-0.1, -0.05) is 30.9 Å². The number of aliphatic imine (C=N–C) groups is 1. The van der Waals surface area contributed by atoms with Crippen molar-refractivity contribution in [3.8, 4) is 5.75 Å². The Balaban J connectivity index is 0.000000636. The number of allylic oxidation sites excluding steroid dienone is 3. The standard InChI is InChI=1S/C16H21NO.C5H8N2O2/c1-5-7-8-14(6-2)11-17-15-9-10-16(18)13(4)12(15)3;1-7-5(8)4(3-6)9-2/h5-10,17-18H,2,11H2,1,3-4H3;3H,1,6H2,2H3/b7-5-,14-8+;4-3+. The number of hydrogen-bond donors (Lipinski definition) is 3. The first-order valence-corrected chi connectivity index (χ1v) is 8.30. The van der Waals surface area contributed by atoms with Gasteiger partial charge in [-0.3, -0.25) is 4.79 Å². The number of carbonyl (C=O) groups excluding carboxylic acids is 1. The molecular weight excluding hydrogens is 342 g/mol. The summed E-state index contributed by atoms with van der Waals surface area (Å²) >= 11 is 0. The summed E-state index contributed by atoms with van der Waals surface area (Å²) in [6.07, 6.45) is 8.89. The van der Waals surface area contributed by atoms with Gasteiger partial charge in [0.2, 0.25) is 5.76 Å². The van der Waals surface area contributed by atoms with Gasteiger partial charge in [0.15, 0.2) is 0 Å². The van der Waals surface area contributed by atoms with Crippen LogP contribution in [0.15, 0.2) is 65.5 Å². The molecule has 27 heavy (non-hydrogen) atoms. The van der Waals surface area contributed by atoms with E-state index in [-0.39, 0.29) is 5.76 Å². The van der Waals surface area contributed by atoms with Crippen molar-refractivity contribution in [1.82, 2.24) is 0 Å². The molecule has 0 bridgehead atoms. The molecule has 0 fully saturated rings. The van der Waals surface area contributed by atoms with Crippen molar-refractivity contribution in [3.63, 3.8) is 0 Å². The van der Waals surface area contributed by atoms with Crippen LogP contribution in [-0.2, 0) is 9.53 Å². The topological polar surface area (TPSA) is 96.9 Å². The van der Waals surface area contributed by atoms with Crippen LogP contribution in [0.2, 0.25) is 0 Å². The molecule has 1 aromatic rings. The zero-order chi connectivity index (χ0) is 20.8. The number of nitrogens with zero attached hydrogens (tertiary/aromatic N) is 1. The van der Waals surface area contributed by atoms with Gasteiger partial charge in [0.05, 0.1) is 7.11 Å². The molecule has 0 aromatic heterocycles. The molecule has 1 rings (SSSR count). The van der Waals surface area contributed by atoms with Crippen molar-refractivity contribution in [3.05, 3.63) is 71.7 Å². The number of anilines is 1. The minimum Gasteiger partial charge on any atom is -0.508 e. The maximum atomic E-state index is 10.5. The second-order valence-electron chi connectivity index (χ2n) is 5.41. The highest BCUT2D eigenvalue weighted by Gasteiger charge is 2.05. The van der Waals surface area contributed by atoms with Crippen LogP contribution in [0.1, 0.15) is 18.1 Å². The molecule has 0 aliphatic heterocycles. The highest BCUT2D eigenvalue weighted by molar-refractivity contribution is 5.94. The quantitative estimate of drug-likeness (QED) is 0.223. The van der Waals surface area contributed by atoms with Gasteiger partial charge in [0, 0.05) is 18.4 Å². The molecule has 0 radical (unpaired) electrons. The molecule has 6 heteroatoms. The third kappa shape index (κ3) is 8.09. The smallest absolute Gasteiger partial charge is 0.312 e. The van der Waals surface area contributed by atoms with Crippen LogP contribution in [-0.4, -0.2) is 31.4 Å². The SMILES string of the molecule is C=C/C(=C\C=C/C)CNc1ccc(O)c(C)c1C.C=NC(=O)/C(=C\N)OC. The fourth-order valence-electron chi connectivity index (χ4n) is 1.92. The fraction of sp³-hybridized carbons (Fsp3) is 0.238. The normalized spacial score (nSPS) is 11.4. The summed E-state index contributed by atoms with van der Waals surface area (Å²) in [7, 11) is 1.34. The van der Waals surface area contributed by atoms with Crippen LogP contribution in [0.25, 0.3) is 0 Å². The van der Waals surface area contributed by atoms with Gasteiger partial charge in [0.1, 0.15) is 5.75 Å². The van der Waals surface area contributed by atoms with E-state index in [1.54, 1.807) is 6.07 Å². The summed E-state index contributed by atoms with van der Waals surface area (Å²) in [6, 6.07) is 3.61. The average Bonchev–Trinajstić information content (AvgIpc) is 2.69. The minimum atomic E-state index is -0.556. The molecule has 0 unspecified atom stereocenters. The number of rotatable bonds is 7. The number of ether oxygens (including phenoxy) is 1. The second kappa shape index (κ2) is 13.0. The van der Waals surface area contributed by atoms with Crippen molar-refractivity contribution < 1.29 is 14.6 Å². The first-order chi connectivity index (χ1) is 12.9. The zero-order valence-electron chi connectivity index (χ0n) is 16.5. The van der Waals surface area contributed by atoms with E-state index in [0.29, 0.717) is 5.75 Å². The molecule has 0 saturated heterocycles. The van der Waals surface area contributed by atoms with E-state index < -0.39 is 5.91 Å². The minimum absolute atomic E-state index is 0.00463. The number of phenols is 1. The lowest BCUT2D eigenvalue weighted by atomic mass is 10.1. The van der Waals surface area contributed by atoms with Gasteiger partial charge in [0.25, 0.3) is 0 Å². The number of nitrogens with one attached hydrogen (secondary N) is 1. The first kappa shape index (κ1) is 23.7. The summed E-state index contributed by atoms with van der Waals surface area (Å²) in [5, 5.41) is 13.0. The Bertz CT molecular complexity index is 747. The van der Waals surface area contributed by atoms with Crippen molar-refractivity contribution in [1.29, 1.82) is 0 Å². The number of methoxy groups -OCH3 is 1. The van der Waals surface area contributed by atoms with Crippen molar-refractivity contribution in [2.24, 2.45) is 10.7 Å². The summed E-state index contributed by atoms with van der Waals surface area (Å²) in [4.78, 5) is 13.5. The molecule has 0 aliphatic rings. The first-order valence-electron chi connectivity index (χ1n) is 8.30. The molecule has 0 spiro atoms. The molecular formula is C21H29N3O3. The van der Waals surface area contributed by atoms with Crippen LogP contribution >= 0.6 is 0 Å². The van der Waals surface area contributed by atoms with Crippen LogP contribution in [0.4, 0.5) is 5.69 Å². The van der Waals surface area contributed by atoms with E-state index in [4.69, 9.17) is 5.73 Å². The highest BCUT2D eigenvalue weighted by Crippen LogP contribution is 2.26. The largest absolute Gasteiger partial charge is 0.508 e. The molecule has 4 N–H and O–H groups in total. The lowest BCUT2D eigenvalue weighted by molar-refractivity contribution is -0.117. The van der Waals surface area contributed by atoms with E-state index in [0.717, 1.165) is 35.1 Å².